The van der Waals surface area contributed by atoms with Crippen LogP contribution in [0.1, 0.15) is 51.5 Å². The summed E-state index contributed by atoms with van der Waals surface area (Å²) in [6, 6.07) is 6.04. The van der Waals surface area contributed by atoms with Crippen LogP contribution in [0.15, 0.2) is 40.4 Å². The normalized spacial score (nSPS) is 22.9. The van der Waals surface area contributed by atoms with Crippen molar-refractivity contribution in [2.75, 3.05) is 6.61 Å². The molecule has 1 aliphatic carbocycles. The van der Waals surface area contributed by atoms with Gasteiger partial charge in [-0.25, -0.2) is 9.79 Å². The zero-order valence-electron chi connectivity index (χ0n) is 17.3. The van der Waals surface area contributed by atoms with E-state index in [9.17, 15) is 19.7 Å². The highest BCUT2D eigenvalue weighted by atomic mass is 16.6. The molecule has 0 atom stereocenters. The van der Waals surface area contributed by atoms with Crippen LogP contribution in [0.4, 0.5) is 5.69 Å². The predicted molar refractivity (Wildman–Crippen MR) is 110 cm³/mol. The van der Waals surface area contributed by atoms with E-state index in [1.807, 2.05) is 0 Å². The van der Waals surface area contributed by atoms with E-state index in [0.717, 1.165) is 25.7 Å². The third kappa shape index (κ3) is 5.31. The molecule has 1 aliphatic heterocycles. The molecule has 0 radical (unpaired) electrons. The molecule has 0 amide bonds. The highest BCUT2D eigenvalue weighted by Crippen LogP contribution is 2.30. The number of carbonyl (C=O) groups excluding carboxylic acids is 2. The van der Waals surface area contributed by atoms with Crippen LogP contribution in [-0.2, 0) is 25.5 Å². The first kappa shape index (κ1) is 21.7. The summed E-state index contributed by atoms with van der Waals surface area (Å²) >= 11 is 0. The first-order valence-electron chi connectivity index (χ1n) is 10.3. The van der Waals surface area contributed by atoms with Crippen LogP contribution in [0.3, 0.4) is 0 Å². The minimum atomic E-state index is -0.532. The van der Waals surface area contributed by atoms with Crippen molar-refractivity contribution in [3.05, 3.63) is 51.1 Å². The van der Waals surface area contributed by atoms with Gasteiger partial charge < -0.3 is 9.47 Å². The van der Waals surface area contributed by atoms with Gasteiger partial charge in [0.1, 0.15) is 0 Å². The molecule has 2 aliphatic rings. The van der Waals surface area contributed by atoms with Crippen LogP contribution in [0.5, 0.6) is 0 Å². The molecule has 1 heterocycles. The maximum Gasteiger partial charge on any atom is 0.341 e. The van der Waals surface area contributed by atoms with Crippen molar-refractivity contribution >= 4 is 23.5 Å². The standard InChI is InChI=1S/C22H26N2O6/c1-3-29-20(25)13-18-19(12-15-6-10-17(11-7-15)24(27)28)22(26)30-21(18)23-16-8-4-14(2)5-9-16/h6-7,10-11,14,16H,3-5,8-9,12-13H2,1-2H3/b23-21-. The zero-order valence-corrected chi connectivity index (χ0v) is 17.3. The van der Waals surface area contributed by atoms with E-state index >= 15 is 0 Å². The molecule has 1 fully saturated rings. The second kappa shape index (κ2) is 9.65. The number of carbonyl (C=O) groups is 2. The smallest absolute Gasteiger partial charge is 0.341 e. The average molecular weight is 414 g/mol. The molecule has 0 spiro atoms. The molecule has 1 aromatic rings. The number of cyclic esters (lactones) is 1. The molecule has 0 unspecified atom stereocenters. The van der Waals surface area contributed by atoms with Gasteiger partial charge in [-0.1, -0.05) is 19.1 Å². The van der Waals surface area contributed by atoms with E-state index in [-0.39, 0.29) is 37.1 Å². The number of hydrogen-bond donors (Lipinski definition) is 0. The Morgan fingerprint density at radius 1 is 1.20 bits per heavy atom. The molecule has 8 heteroatoms. The third-order valence-electron chi connectivity index (χ3n) is 5.50. The van der Waals surface area contributed by atoms with Gasteiger partial charge in [0, 0.05) is 24.1 Å². The lowest BCUT2D eigenvalue weighted by molar-refractivity contribution is -0.384. The second-order valence-corrected chi connectivity index (χ2v) is 7.78. The van der Waals surface area contributed by atoms with Gasteiger partial charge in [-0.2, -0.15) is 0 Å². The molecule has 160 valence electrons. The molecule has 8 nitrogen and oxygen atoms in total. The van der Waals surface area contributed by atoms with Crippen molar-refractivity contribution < 1.29 is 24.0 Å². The number of benzene rings is 1. The lowest BCUT2D eigenvalue weighted by atomic mass is 9.87. The van der Waals surface area contributed by atoms with E-state index in [2.05, 4.69) is 11.9 Å². The lowest BCUT2D eigenvalue weighted by Crippen LogP contribution is -2.19. The highest BCUT2D eigenvalue weighted by Gasteiger charge is 2.34. The molecular formula is C22H26N2O6. The summed E-state index contributed by atoms with van der Waals surface area (Å²) in [6.07, 6.45) is 4.10. The van der Waals surface area contributed by atoms with Crippen LogP contribution >= 0.6 is 0 Å². The monoisotopic (exact) mass is 414 g/mol. The quantitative estimate of drug-likeness (QED) is 0.380. The maximum atomic E-state index is 12.6. The predicted octanol–water partition coefficient (Wildman–Crippen LogP) is 3.92. The van der Waals surface area contributed by atoms with Gasteiger partial charge in [-0.15, -0.1) is 0 Å². The third-order valence-corrected chi connectivity index (χ3v) is 5.50. The molecule has 3 rings (SSSR count). The van der Waals surface area contributed by atoms with Crippen LogP contribution in [-0.4, -0.2) is 35.4 Å². The molecule has 1 saturated carbocycles. The Hall–Kier alpha value is -3.03. The number of esters is 2. The fourth-order valence-corrected chi connectivity index (χ4v) is 3.76. The Kier molecular flexibility index (Phi) is 6.97. The highest BCUT2D eigenvalue weighted by molar-refractivity contribution is 6.16. The van der Waals surface area contributed by atoms with Crippen molar-refractivity contribution in [1.82, 2.24) is 0 Å². The van der Waals surface area contributed by atoms with E-state index in [0.29, 0.717) is 22.6 Å². The van der Waals surface area contributed by atoms with Crippen molar-refractivity contribution in [3.8, 4) is 0 Å². The van der Waals surface area contributed by atoms with Gasteiger partial charge in [-0.05, 0) is 44.1 Å². The Morgan fingerprint density at radius 2 is 1.87 bits per heavy atom. The number of ether oxygens (including phenoxy) is 2. The van der Waals surface area contributed by atoms with E-state index in [4.69, 9.17) is 9.47 Å². The van der Waals surface area contributed by atoms with Gasteiger partial charge in [0.15, 0.2) is 0 Å². The Balaban J connectivity index is 1.88. The molecule has 0 N–H and O–H groups in total. The average Bonchev–Trinajstić information content (AvgIpc) is 2.99. The van der Waals surface area contributed by atoms with Gasteiger partial charge in [0.25, 0.3) is 5.69 Å². The largest absolute Gasteiger partial charge is 0.466 e. The topological polar surface area (TPSA) is 108 Å². The van der Waals surface area contributed by atoms with Crippen LogP contribution in [0.25, 0.3) is 0 Å². The number of hydrogen-bond acceptors (Lipinski definition) is 7. The Bertz CT molecular complexity index is 879. The SMILES string of the molecule is CCOC(=O)CC1=C(Cc2ccc([N+](=O)[O-])cc2)C(=O)O/C1=N\C1CCC(C)CC1. The number of non-ortho nitro benzene ring substituents is 1. The van der Waals surface area contributed by atoms with Crippen LogP contribution in [0, 0.1) is 16.0 Å². The molecule has 0 aromatic heterocycles. The first-order valence-corrected chi connectivity index (χ1v) is 10.3. The second-order valence-electron chi connectivity index (χ2n) is 7.78. The number of aliphatic imine (C=N–C) groups is 1. The molecule has 0 saturated heterocycles. The molecule has 0 bridgehead atoms. The van der Waals surface area contributed by atoms with Gasteiger partial charge >= 0.3 is 11.9 Å². The van der Waals surface area contributed by atoms with Crippen LogP contribution in [0.2, 0.25) is 0 Å². The number of nitro benzene ring substituents is 1. The fraction of sp³-hybridized carbons (Fsp3) is 0.500. The number of nitrogens with zero attached hydrogens (tertiary/aromatic N) is 2. The Labute approximate surface area is 175 Å². The molecule has 30 heavy (non-hydrogen) atoms. The van der Waals surface area contributed by atoms with Crippen molar-refractivity contribution in [1.29, 1.82) is 0 Å². The summed E-state index contributed by atoms with van der Waals surface area (Å²) in [6.45, 7) is 4.18. The zero-order chi connectivity index (χ0) is 21.7. The summed E-state index contributed by atoms with van der Waals surface area (Å²) in [5.74, 6) is -0.100. The lowest BCUT2D eigenvalue weighted by Gasteiger charge is -2.23. The minimum Gasteiger partial charge on any atom is -0.466 e. The summed E-state index contributed by atoms with van der Waals surface area (Å²) < 4.78 is 10.5. The molecule has 1 aromatic carbocycles. The molecular weight excluding hydrogens is 388 g/mol. The van der Waals surface area contributed by atoms with Gasteiger partial charge in [0.2, 0.25) is 5.90 Å². The summed E-state index contributed by atoms with van der Waals surface area (Å²) in [5.41, 5.74) is 1.49. The van der Waals surface area contributed by atoms with E-state index in [1.165, 1.54) is 12.1 Å². The first-order chi connectivity index (χ1) is 14.4. The van der Waals surface area contributed by atoms with E-state index < -0.39 is 16.9 Å². The fourth-order valence-electron chi connectivity index (χ4n) is 3.76. The van der Waals surface area contributed by atoms with Crippen molar-refractivity contribution in [3.63, 3.8) is 0 Å². The summed E-state index contributed by atoms with van der Waals surface area (Å²) in [4.78, 5) is 39.8. The summed E-state index contributed by atoms with van der Waals surface area (Å²) in [7, 11) is 0. The summed E-state index contributed by atoms with van der Waals surface area (Å²) in [5, 5.41) is 10.9. The Morgan fingerprint density at radius 3 is 2.47 bits per heavy atom. The maximum absolute atomic E-state index is 12.6. The van der Waals surface area contributed by atoms with Crippen LogP contribution < -0.4 is 0 Å². The number of rotatable bonds is 7. The van der Waals surface area contributed by atoms with Gasteiger partial charge in [0.05, 0.1) is 29.6 Å². The van der Waals surface area contributed by atoms with Crippen molar-refractivity contribution in [2.45, 2.75) is 58.4 Å². The van der Waals surface area contributed by atoms with E-state index in [1.54, 1.807) is 19.1 Å². The number of nitro groups is 1. The minimum absolute atomic E-state index is 0.0257. The van der Waals surface area contributed by atoms with Crippen molar-refractivity contribution in [2.24, 2.45) is 10.9 Å². The van der Waals surface area contributed by atoms with Gasteiger partial charge in [-0.3, -0.25) is 14.9 Å².